The molecule has 0 aromatic carbocycles. The number of rotatable bonds is 4. The molecule has 0 amide bonds. The van der Waals surface area contributed by atoms with Gasteiger partial charge in [0.1, 0.15) is 5.82 Å². The summed E-state index contributed by atoms with van der Waals surface area (Å²) in [5.41, 5.74) is 1.12. The summed E-state index contributed by atoms with van der Waals surface area (Å²) >= 11 is 6.12. The highest BCUT2D eigenvalue weighted by Crippen LogP contribution is 2.26. The normalized spacial score (nSPS) is 19.9. The fourth-order valence-electron chi connectivity index (χ4n) is 2.34. The average Bonchev–Trinajstić information content (AvgIpc) is 2.81. The van der Waals surface area contributed by atoms with E-state index in [-0.39, 0.29) is 0 Å². The van der Waals surface area contributed by atoms with Crippen LogP contribution in [0.5, 0.6) is 0 Å². The van der Waals surface area contributed by atoms with E-state index in [2.05, 4.69) is 28.2 Å². The molecule has 17 heavy (non-hydrogen) atoms. The highest BCUT2D eigenvalue weighted by Gasteiger charge is 2.22. The Labute approximate surface area is 108 Å². The average molecular weight is 254 g/mol. The lowest BCUT2D eigenvalue weighted by atomic mass is 10.1. The predicted octanol–water partition coefficient (Wildman–Crippen LogP) is 2.69. The Morgan fingerprint density at radius 2 is 2.41 bits per heavy atom. The molecule has 0 saturated carbocycles. The first-order chi connectivity index (χ1) is 8.24. The van der Waals surface area contributed by atoms with E-state index < -0.39 is 0 Å². The zero-order chi connectivity index (χ0) is 12.3. The Kier molecular flexibility index (Phi) is 4.24. The zero-order valence-corrected chi connectivity index (χ0v) is 11.3. The topological polar surface area (TPSA) is 28.2 Å². The molecule has 94 valence electrons. The van der Waals surface area contributed by atoms with Crippen molar-refractivity contribution in [3.63, 3.8) is 0 Å². The van der Waals surface area contributed by atoms with Gasteiger partial charge in [0.2, 0.25) is 0 Å². The number of hydrogen-bond acceptors (Lipinski definition) is 3. The summed E-state index contributed by atoms with van der Waals surface area (Å²) in [5.74, 6) is 1.89. The van der Waals surface area contributed by atoms with Crippen LogP contribution in [0, 0.1) is 5.92 Å². The van der Waals surface area contributed by atoms with Crippen LogP contribution in [0.2, 0.25) is 5.02 Å². The Morgan fingerprint density at radius 1 is 1.59 bits per heavy atom. The van der Waals surface area contributed by atoms with E-state index in [1.54, 1.807) is 6.20 Å². The molecule has 1 atom stereocenters. The lowest BCUT2D eigenvalue weighted by Gasteiger charge is -2.18. The molecule has 1 fully saturated rings. The van der Waals surface area contributed by atoms with Crippen molar-refractivity contribution in [1.29, 1.82) is 0 Å². The molecule has 0 spiro atoms. The van der Waals surface area contributed by atoms with E-state index in [9.17, 15) is 0 Å². The van der Waals surface area contributed by atoms with Crippen molar-refractivity contribution in [2.75, 3.05) is 25.0 Å². The van der Waals surface area contributed by atoms with Gasteiger partial charge >= 0.3 is 0 Å². The minimum absolute atomic E-state index is 0.745. The molecule has 3 nitrogen and oxygen atoms in total. The molecular weight excluding hydrogens is 234 g/mol. The number of aromatic nitrogens is 1. The quantitative estimate of drug-likeness (QED) is 0.894. The van der Waals surface area contributed by atoms with Crippen molar-refractivity contribution in [3.8, 4) is 0 Å². The standard InChI is InChI=1S/C13H20ClN3/c1-3-10-4-5-17(9-10)13-6-11(7-15-2)12(14)8-16-13/h6,8,10,15H,3-5,7,9H2,1-2H3. The number of nitrogens with one attached hydrogen (secondary N) is 1. The molecule has 1 N–H and O–H groups in total. The molecule has 4 heteroatoms. The van der Waals surface area contributed by atoms with Gasteiger partial charge in [-0.25, -0.2) is 4.98 Å². The van der Waals surface area contributed by atoms with Crippen molar-refractivity contribution in [3.05, 3.63) is 22.8 Å². The Hall–Kier alpha value is -0.800. The molecule has 1 aromatic rings. The van der Waals surface area contributed by atoms with Crippen LogP contribution in [0.15, 0.2) is 12.3 Å². The highest BCUT2D eigenvalue weighted by atomic mass is 35.5. The van der Waals surface area contributed by atoms with E-state index in [0.717, 1.165) is 42.0 Å². The monoisotopic (exact) mass is 253 g/mol. The summed E-state index contributed by atoms with van der Waals surface area (Å²) in [5, 5.41) is 3.88. The molecule has 1 aliphatic heterocycles. The second kappa shape index (κ2) is 5.69. The number of nitrogens with zero attached hydrogens (tertiary/aromatic N) is 2. The number of hydrogen-bond donors (Lipinski definition) is 1. The minimum atomic E-state index is 0.745. The van der Waals surface area contributed by atoms with Gasteiger partial charge in [-0.2, -0.15) is 0 Å². The van der Waals surface area contributed by atoms with E-state index >= 15 is 0 Å². The van der Waals surface area contributed by atoms with Crippen molar-refractivity contribution in [1.82, 2.24) is 10.3 Å². The summed E-state index contributed by atoms with van der Waals surface area (Å²) in [7, 11) is 1.93. The SMILES string of the molecule is CCC1CCN(c2cc(CNC)c(Cl)cn2)C1. The van der Waals surface area contributed by atoms with Gasteiger partial charge in [-0.05, 0) is 31.0 Å². The molecule has 1 unspecified atom stereocenters. The Bertz CT molecular complexity index is 381. The summed E-state index contributed by atoms with van der Waals surface area (Å²) in [6.45, 7) is 5.30. The van der Waals surface area contributed by atoms with Gasteiger partial charge in [-0.3, -0.25) is 0 Å². The smallest absolute Gasteiger partial charge is 0.128 e. The van der Waals surface area contributed by atoms with Gasteiger partial charge in [0, 0.05) is 25.8 Å². The highest BCUT2D eigenvalue weighted by molar-refractivity contribution is 6.31. The molecule has 1 saturated heterocycles. The van der Waals surface area contributed by atoms with Crippen LogP contribution in [0.25, 0.3) is 0 Å². The zero-order valence-electron chi connectivity index (χ0n) is 10.5. The van der Waals surface area contributed by atoms with Gasteiger partial charge in [-0.1, -0.05) is 24.9 Å². The Morgan fingerprint density at radius 3 is 3.06 bits per heavy atom. The summed E-state index contributed by atoms with van der Waals surface area (Å²) in [6, 6.07) is 2.11. The summed E-state index contributed by atoms with van der Waals surface area (Å²) < 4.78 is 0. The summed E-state index contributed by atoms with van der Waals surface area (Å²) in [6.07, 6.45) is 4.30. The van der Waals surface area contributed by atoms with Gasteiger partial charge < -0.3 is 10.2 Å². The van der Waals surface area contributed by atoms with Crippen molar-refractivity contribution in [2.45, 2.75) is 26.3 Å². The summed E-state index contributed by atoms with van der Waals surface area (Å²) in [4.78, 5) is 6.80. The van der Waals surface area contributed by atoms with Crippen LogP contribution in [0.1, 0.15) is 25.3 Å². The van der Waals surface area contributed by atoms with Crippen LogP contribution in [-0.4, -0.2) is 25.1 Å². The van der Waals surface area contributed by atoms with Gasteiger partial charge in [-0.15, -0.1) is 0 Å². The number of anilines is 1. The first-order valence-corrected chi connectivity index (χ1v) is 6.66. The predicted molar refractivity (Wildman–Crippen MR) is 72.6 cm³/mol. The first kappa shape index (κ1) is 12.7. The second-order valence-corrected chi connectivity index (χ2v) is 5.08. The largest absolute Gasteiger partial charge is 0.356 e. The molecule has 2 rings (SSSR count). The second-order valence-electron chi connectivity index (χ2n) is 4.67. The van der Waals surface area contributed by atoms with E-state index in [1.807, 2.05) is 7.05 Å². The molecular formula is C13H20ClN3. The third kappa shape index (κ3) is 2.90. The van der Waals surface area contributed by atoms with Crippen molar-refractivity contribution < 1.29 is 0 Å². The molecule has 2 heterocycles. The maximum absolute atomic E-state index is 6.12. The minimum Gasteiger partial charge on any atom is -0.356 e. The van der Waals surface area contributed by atoms with Crippen LogP contribution < -0.4 is 10.2 Å². The van der Waals surface area contributed by atoms with Crippen LogP contribution in [-0.2, 0) is 6.54 Å². The van der Waals surface area contributed by atoms with E-state index in [4.69, 9.17) is 11.6 Å². The lowest BCUT2D eigenvalue weighted by molar-refractivity contribution is 0.568. The third-order valence-corrected chi connectivity index (χ3v) is 3.82. The fourth-order valence-corrected chi connectivity index (χ4v) is 2.51. The first-order valence-electron chi connectivity index (χ1n) is 6.28. The van der Waals surface area contributed by atoms with Crippen molar-refractivity contribution >= 4 is 17.4 Å². The Balaban J connectivity index is 2.13. The van der Waals surface area contributed by atoms with E-state index in [1.165, 1.54) is 12.8 Å². The molecule has 0 radical (unpaired) electrons. The third-order valence-electron chi connectivity index (χ3n) is 3.47. The van der Waals surface area contributed by atoms with Gasteiger partial charge in [0.15, 0.2) is 0 Å². The van der Waals surface area contributed by atoms with Gasteiger partial charge in [0.05, 0.1) is 5.02 Å². The number of pyridine rings is 1. The van der Waals surface area contributed by atoms with Gasteiger partial charge in [0.25, 0.3) is 0 Å². The molecule has 1 aromatic heterocycles. The maximum Gasteiger partial charge on any atom is 0.128 e. The fraction of sp³-hybridized carbons (Fsp3) is 0.615. The maximum atomic E-state index is 6.12. The van der Waals surface area contributed by atoms with Crippen LogP contribution in [0.4, 0.5) is 5.82 Å². The van der Waals surface area contributed by atoms with Crippen LogP contribution in [0.3, 0.4) is 0 Å². The van der Waals surface area contributed by atoms with E-state index in [0.29, 0.717) is 0 Å². The molecule has 0 aliphatic carbocycles. The lowest BCUT2D eigenvalue weighted by Crippen LogP contribution is -2.21. The number of halogens is 1. The molecule has 1 aliphatic rings. The molecule has 0 bridgehead atoms. The van der Waals surface area contributed by atoms with Crippen molar-refractivity contribution in [2.24, 2.45) is 5.92 Å². The van der Waals surface area contributed by atoms with Crippen LogP contribution >= 0.6 is 11.6 Å².